The smallest absolute Gasteiger partial charge is 0.317 e. The second kappa shape index (κ2) is 8.83. The summed E-state index contributed by atoms with van der Waals surface area (Å²) >= 11 is 0. The van der Waals surface area contributed by atoms with Gasteiger partial charge in [0.05, 0.1) is 13.2 Å². The summed E-state index contributed by atoms with van der Waals surface area (Å²) in [7, 11) is 0. The van der Waals surface area contributed by atoms with E-state index in [1.165, 1.54) is 18.2 Å². The van der Waals surface area contributed by atoms with Gasteiger partial charge in [-0.05, 0) is 67.3 Å². The predicted octanol–water partition coefficient (Wildman–Crippen LogP) is 4.54. The van der Waals surface area contributed by atoms with Crippen molar-refractivity contribution in [1.29, 1.82) is 0 Å². The molecule has 3 rings (SSSR count). The van der Waals surface area contributed by atoms with E-state index in [1.54, 1.807) is 19.1 Å². The maximum Gasteiger partial charge on any atom is 0.317 e. The fraction of sp³-hybridized carbons (Fsp3) is 0.304. The van der Waals surface area contributed by atoms with Crippen LogP contribution in [0.1, 0.15) is 37.3 Å². The van der Waals surface area contributed by atoms with Gasteiger partial charge >= 0.3 is 5.97 Å². The molecule has 0 radical (unpaired) electrons. The van der Waals surface area contributed by atoms with Crippen LogP contribution in [0.25, 0.3) is 5.57 Å². The molecule has 2 atom stereocenters. The predicted molar refractivity (Wildman–Crippen MR) is 104 cm³/mol. The van der Waals surface area contributed by atoms with Crippen LogP contribution in [0.15, 0.2) is 54.6 Å². The zero-order valence-electron chi connectivity index (χ0n) is 16.0. The Morgan fingerprint density at radius 1 is 1.04 bits per heavy atom. The maximum atomic E-state index is 13.3. The summed E-state index contributed by atoms with van der Waals surface area (Å²) in [4.78, 5) is 25.3. The van der Waals surface area contributed by atoms with E-state index in [9.17, 15) is 14.0 Å². The van der Waals surface area contributed by atoms with E-state index in [-0.39, 0.29) is 24.1 Å². The summed E-state index contributed by atoms with van der Waals surface area (Å²) in [5, 5.41) is 0. The highest BCUT2D eigenvalue weighted by molar-refractivity contribution is 6.10. The lowest BCUT2D eigenvalue weighted by Crippen LogP contribution is -2.34. The van der Waals surface area contributed by atoms with Gasteiger partial charge in [0.25, 0.3) is 0 Å². The number of halogens is 1. The van der Waals surface area contributed by atoms with Gasteiger partial charge in [0.15, 0.2) is 5.78 Å². The molecule has 0 aromatic heterocycles. The Kier molecular flexibility index (Phi) is 6.24. The molecule has 28 heavy (non-hydrogen) atoms. The number of hydrogen-bond donors (Lipinski definition) is 0. The molecule has 0 saturated heterocycles. The van der Waals surface area contributed by atoms with Crippen LogP contribution in [0.5, 0.6) is 5.75 Å². The van der Waals surface area contributed by atoms with E-state index in [4.69, 9.17) is 9.47 Å². The van der Waals surface area contributed by atoms with Crippen molar-refractivity contribution < 1.29 is 23.5 Å². The molecule has 0 heterocycles. The van der Waals surface area contributed by atoms with Crippen molar-refractivity contribution in [3.8, 4) is 5.75 Å². The van der Waals surface area contributed by atoms with E-state index in [1.807, 2.05) is 31.2 Å². The number of ketones is 1. The van der Waals surface area contributed by atoms with Gasteiger partial charge in [-0.15, -0.1) is 0 Å². The molecule has 0 bridgehead atoms. The Labute approximate surface area is 164 Å². The molecule has 0 saturated carbocycles. The van der Waals surface area contributed by atoms with Gasteiger partial charge < -0.3 is 9.47 Å². The van der Waals surface area contributed by atoms with Crippen LogP contribution in [-0.2, 0) is 14.3 Å². The number of carbonyl (C=O) groups is 2. The Morgan fingerprint density at radius 3 is 2.32 bits per heavy atom. The maximum absolute atomic E-state index is 13.3. The van der Waals surface area contributed by atoms with E-state index in [0.29, 0.717) is 13.0 Å². The van der Waals surface area contributed by atoms with Crippen LogP contribution in [0.4, 0.5) is 4.39 Å². The van der Waals surface area contributed by atoms with Gasteiger partial charge in [-0.25, -0.2) is 4.39 Å². The van der Waals surface area contributed by atoms with Crippen molar-refractivity contribution >= 4 is 17.3 Å². The van der Waals surface area contributed by atoms with Crippen LogP contribution < -0.4 is 4.74 Å². The largest absolute Gasteiger partial charge is 0.494 e. The Balaban J connectivity index is 1.97. The molecule has 1 aliphatic rings. The SMILES string of the molecule is CCOC(=O)C1C(=O)C=C(c2ccc(F)cc2)CC1c1ccc(OCC)cc1. The molecule has 2 aromatic rings. The lowest BCUT2D eigenvalue weighted by atomic mass is 9.73. The van der Waals surface area contributed by atoms with Gasteiger partial charge in [-0.2, -0.15) is 0 Å². The van der Waals surface area contributed by atoms with Crippen LogP contribution >= 0.6 is 0 Å². The van der Waals surface area contributed by atoms with E-state index in [0.717, 1.165) is 22.4 Å². The standard InChI is InChI=1S/C23H23FO4/c1-3-27-19-11-7-16(8-12-19)20-13-17(15-5-9-18(24)10-6-15)14-21(25)22(20)23(26)28-4-2/h5-12,14,20,22H,3-4,13H2,1-2H3. The van der Waals surface area contributed by atoms with Gasteiger partial charge in [0, 0.05) is 5.92 Å². The Morgan fingerprint density at radius 2 is 1.71 bits per heavy atom. The van der Waals surface area contributed by atoms with E-state index < -0.39 is 11.9 Å². The Bertz CT molecular complexity index is 868. The summed E-state index contributed by atoms with van der Waals surface area (Å²) in [6.45, 7) is 4.40. The minimum atomic E-state index is -0.887. The van der Waals surface area contributed by atoms with Gasteiger partial charge in [-0.1, -0.05) is 24.3 Å². The quantitative estimate of drug-likeness (QED) is 0.544. The highest BCUT2D eigenvalue weighted by Gasteiger charge is 2.39. The van der Waals surface area contributed by atoms with Crippen LogP contribution in [0.3, 0.4) is 0 Å². The summed E-state index contributed by atoms with van der Waals surface area (Å²) < 4.78 is 23.9. The van der Waals surface area contributed by atoms with Crippen molar-refractivity contribution in [1.82, 2.24) is 0 Å². The number of hydrogen-bond acceptors (Lipinski definition) is 4. The molecule has 1 aliphatic carbocycles. The lowest BCUT2D eigenvalue weighted by Gasteiger charge is -2.29. The van der Waals surface area contributed by atoms with E-state index >= 15 is 0 Å². The molecular formula is C23H23FO4. The number of benzene rings is 2. The molecule has 0 aliphatic heterocycles. The van der Waals surface area contributed by atoms with Crippen molar-refractivity contribution in [2.45, 2.75) is 26.2 Å². The lowest BCUT2D eigenvalue weighted by molar-refractivity contribution is -0.151. The third kappa shape index (κ3) is 4.30. The minimum Gasteiger partial charge on any atom is -0.494 e. The van der Waals surface area contributed by atoms with Crippen molar-refractivity contribution in [2.75, 3.05) is 13.2 Å². The number of carbonyl (C=O) groups excluding carboxylic acids is 2. The molecule has 0 spiro atoms. The summed E-state index contributed by atoms with van der Waals surface area (Å²) in [5.41, 5.74) is 2.42. The van der Waals surface area contributed by atoms with Crippen LogP contribution in [-0.4, -0.2) is 25.0 Å². The first-order valence-corrected chi connectivity index (χ1v) is 9.43. The van der Waals surface area contributed by atoms with E-state index in [2.05, 4.69) is 0 Å². The second-order valence-electron chi connectivity index (χ2n) is 6.62. The first kappa shape index (κ1) is 19.8. The number of esters is 1. The summed E-state index contributed by atoms with van der Waals surface area (Å²) in [6, 6.07) is 13.4. The molecule has 2 unspecified atom stereocenters. The van der Waals surface area contributed by atoms with Gasteiger partial charge in [-0.3, -0.25) is 9.59 Å². The van der Waals surface area contributed by atoms with Crippen molar-refractivity contribution in [3.63, 3.8) is 0 Å². The van der Waals surface area contributed by atoms with Crippen molar-refractivity contribution in [2.24, 2.45) is 5.92 Å². The van der Waals surface area contributed by atoms with Crippen LogP contribution in [0, 0.1) is 11.7 Å². The number of ether oxygens (including phenoxy) is 2. The average molecular weight is 382 g/mol. The molecule has 0 N–H and O–H groups in total. The fourth-order valence-corrected chi connectivity index (χ4v) is 3.54. The third-order valence-electron chi connectivity index (χ3n) is 4.84. The topological polar surface area (TPSA) is 52.6 Å². The average Bonchev–Trinajstić information content (AvgIpc) is 2.69. The van der Waals surface area contributed by atoms with Gasteiger partial charge in [0.2, 0.25) is 0 Å². The molecule has 2 aromatic carbocycles. The van der Waals surface area contributed by atoms with Gasteiger partial charge in [0.1, 0.15) is 17.5 Å². The summed E-state index contributed by atoms with van der Waals surface area (Å²) in [5.74, 6) is -1.65. The molecular weight excluding hydrogens is 359 g/mol. The minimum absolute atomic E-state index is 0.215. The summed E-state index contributed by atoms with van der Waals surface area (Å²) in [6.07, 6.45) is 1.97. The fourth-order valence-electron chi connectivity index (χ4n) is 3.54. The first-order chi connectivity index (χ1) is 13.5. The monoisotopic (exact) mass is 382 g/mol. The molecule has 0 amide bonds. The zero-order chi connectivity index (χ0) is 20.1. The number of rotatable bonds is 6. The van der Waals surface area contributed by atoms with Crippen LogP contribution in [0.2, 0.25) is 0 Å². The highest BCUT2D eigenvalue weighted by atomic mass is 19.1. The zero-order valence-corrected chi connectivity index (χ0v) is 16.0. The molecule has 5 heteroatoms. The normalized spacial score (nSPS) is 19.1. The molecule has 146 valence electrons. The third-order valence-corrected chi connectivity index (χ3v) is 4.84. The Hall–Kier alpha value is -2.95. The number of allylic oxidation sites excluding steroid dienone is 2. The van der Waals surface area contributed by atoms with Crippen molar-refractivity contribution in [3.05, 3.63) is 71.6 Å². The molecule has 0 fully saturated rings. The second-order valence-corrected chi connectivity index (χ2v) is 6.62. The first-order valence-electron chi connectivity index (χ1n) is 9.43. The molecule has 4 nitrogen and oxygen atoms in total. The highest BCUT2D eigenvalue weighted by Crippen LogP contribution is 2.40.